The highest BCUT2D eigenvalue weighted by molar-refractivity contribution is 8.17. The zero-order valence-electron chi connectivity index (χ0n) is 15.6. The molecule has 0 N–H and O–H groups in total. The van der Waals surface area contributed by atoms with Crippen molar-refractivity contribution < 1.29 is 9.57 Å². The van der Waals surface area contributed by atoms with Gasteiger partial charge in [-0.1, -0.05) is 27.7 Å². The van der Waals surface area contributed by atoms with Gasteiger partial charge in [0.15, 0.2) is 4.77 Å². The van der Waals surface area contributed by atoms with Crippen LogP contribution in [0.15, 0.2) is 0 Å². The van der Waals surface area contributed by atoms with E-state index >= 15 is 0 Å². The molecule has 2 rings (SSSR count). The van der Waals surface area contributed by atoms with Gasteiger partial charge in [-0.25, -0.2) is 0 Å². The fourth-order valence-corrected chi connectivity index (χ4v) is 6.69. The van der Waals surface area contributed by atoms with Crippen LogP contribution in [0.1, 0.15) is 72.6 Å². The Morgan fingerprint density at radius 1 is 0.913 bits per heavy atom. The van der Waals surface area contributed by atoms with E-state index in [2.05, 4.69) is 32.8 Å². The molecule has 0 aliphatic carbocycles. The van der Waals surface area contributed by atoms with Gasteiger partial charge in [0, 0.05) is 18.2 Å². The predicted molar refractivity (Wildman–Crippen MR) is 103 cm³/mol. The minimum absolute atomic E-state index is 0.101. The van der Waals surface area contributed by atoms with E-state index < -0.39 is 0 Å². The lowest BCUT2D eigenvalue weighted by Gasteiger charge is -2.58. The first-order valence-corrected chi connectivity index (χ1v) is 11.4. The highest BCUT2D eigenvalue weighted by Gasteiger charge is 2.53. The lowest BCUT2D eigenvalue weighted by atomic mass is 9.72. The second-order valence-electron chi connectivity index (χ2n) is 6.91. The summed E-state index contributed by atoms with van der Waals surface area (Å²) in [7, 11) is 1.88. The van der Waals surface area contributed by atoms with Crippen molar-refractivity contribution in [1.29, 1.82) is 0 Å². The molecule has 5 heteroatoms. The summed E-state index contributed by atoms with van der Waals surface area (Å²) in [5.41, 5.74) is 0.201. The van der Waals surface area contributed by atoms with Crippen molar-refractivity contribution in [3.05, 3.63) is 0 Å². The SMILES string of the molecule is CCC1(CC)CC(OC)CC(CC)(CC)N1OC1SCCCS1. The third-order valence-corrected chi connectivity index (χ3v) is 8.61. The van der Waals surface area contributed by atoms with E-state index in [-0.39, 0.29) is 15.8 Å². The maximum atomic E-state index is 6.72. The van der Waals surface area contributed by atoms with Crippen LogP contribution in [-0.4, -0.2) is 45.6 Å². The van der Waals surface area contributed by atoms with Gasteiger partial charge in [-0.3, -0.25) is 4.84 Å². The largest absolute Gasteiger partial charge is 0.381 e. The Morgan fingerprint density at radius 2 is 1.39 bits per heavy atom. The summed E-state index contributed by atoms with van der Waals surface area (Å²) in [4.78, 5) is 6.72. The summed E-state index contributed by atoms with van der Waals surface area (Å²) in [5, 5.41) is 2.46. The summed E-state index contributed by atoms with van der Waals surface area (Å²) >= 11 is 3.95. The molecule has 23 heavy (non-hydrogen) atoms. The van der Waals surface area contributed by atoms with Crippen molar-refractivity contribution in [2.24, 2.45) is 0 Å². The molecule has 0 aromatic carbocycles. The Balaban J connectivity index is 2.31. The van der Waals surface area contributed by atoms with Gasteiger partial charge in [0.2, 0.25) is 0 Å². The summed E-state index contributed by atoms with van der Waals surface area (Å²) in [6.45, 7) is 9.26. The van der Waals surface area contributed by atoms with Crippen LogP contribution in [0.4, 0.5) is 0 Å². The number of ether oxygens (including phenoxy) is 1. The first kappa shape index (κ1) is 19.9. The number of piperidine rings is 1. The maximum Gasteiger partial charge on any atom is 0.171 e. The van der Waals surface area contributed by atoms with Crippen LogP contribution < -0.4 is 0 Å². The van der Waals surface area contributed by atoms with Gasteiger partial charge in [0.05, 0.1) is 6.10 Å². The lowest BCUT2D eigenvalue weighted by Crippen LogP contribution is -2.66. The minimum atomic E-state index is 0.101. The van der Waals surface area contributed by atoms with E-state index in [1.165, 1.54) is 17.9 Å². The Labute approximate surface area is 151 Å². The number of nitrogens with zero attached hydrogens (tertiary/aromatic N) is 1. The monoisotopic (exact) mass is 361 g/mol. The van der Waals surface area contributed by atoms with Crippen LogP contribution in [0.25, 0.3) is 0 Å². The van der Waals surface area contributed by atoms with Crippen LogP contribution in [-0.2, 0) is 9.57 Å². The molecule has 0 saturated carbocycles. The molecule has 2 aliphatic rings. The number of hydrogen-bond donors (Lipinski definition) is 0. The van der Waals surface area contributed by atoms with Gasteiger partial charge >= 0.3 is 0 Å². The summed E-state index contributed by atoms with van der Waals surface area (Å²) in [5.74, 6) is 2.45. The van der Waals surface area contributed by atoms with E-state index in [0.29, 0.717) is 6.10 Å². The van der Waals surface area contributed by atoms with Crippen molar-refractivity contribution in [2.45, 2.75) is 94.6 Å². The molecule has 0 spiro atoms. The van der Waals surface area contributed by atoms with Gasteiger partial charge in [0.25, 0.3) is 0 Å². The van der Waals surface area contributed by atoms with Gasteiger partial charge in [-0.05, 0) is 56.5 Å². The molecule has 2 aliphatic heterocycles. The molecule has 2 fully saturated rings. The quantitative estimate of drug-likeness (QED) is 0.612. The van der Waals surface area contributed by atoms with Gasteiger partial charge in [0.1, 0.15) is 0 Å². The lowest BCUT2D eigenvalue weighted by molar-refractivity contribution is -0.309. The highest BCUT2D eigenvalue weighted by Crippen LogP contribution is 2.49. The minimum Gasteiger partial charge on any atom is -0.381 e. The molecule has 136 valence electrons. The zero-order chi connectivity index (χ0) is 16.9. The molecule has 0 aromatic rings. The number of hydrogen-bond acceptors (Lipinski definition) is 5. The molecule has 0 radical (unpaired) electrons. The molecule has 0 unspecified atom stereocenters. The van der Waals surface area contributed by atoms with E-state index in [9.17, 15) is 0 Å². The van der Waals surface area contributed by atoms with E-state index in [0.717, 1.165) is 38.5 Å². The van der Waals surface area contributed by atoms with Crippen molar-refractivity contribution in [2.75, 3.05) is 18.6 Å². The Hall–Kier alpha value is 0.580. The number of rotatable bonds is 7. The van der Waals surface area contributed by atoms with Crippen LogP contribution in [0, 0.1) is 0 Å². The van der Waals surface area contributed by atoms with Crippen molar-refractivity contribution in [1.82, 2.24) is 5.06 Å². The van der Waals surface area contributed by atoms with Crippen LogP contribution in [0.2, 0.25) is 0 Å². The first-order valence-electron chi connectivity index (χ1n) is 9.32. The molecule has 3 nitrogen and oxygen atoms in total. The third kappa shape index (κ3) is 4.05. The van der Waals surface area contributed by atoms with Gasteiger partial charge in [-0.2, -0.15) is 5.06 Å². The number of methoxy groups -OCH3 is 1. The average molecular weight is 362 g/mol. The zero-order valence-corrected chi connectivity index (χ0v) is 17.2. The molecule has 2 heterocycles. The summed E-state index contributed by atoms with van der Waals surface area (Å²) in [6.07, 6.45) is 8.29. The van der Waals surface area contributed by atoms with E-state index in [4.69, 9.17) is 9.57 Å². The molecule has 0 amide bonds. The molecular weight excluding hydrogens is 326 g/mol. The third-order valence-electron chi connectivity index (χ3n) is 6.03. The van der Waals surface area contributed by atoms with Crippen LogP contribution >= 0.6 is 23.5 Å². The molecule has 0 aromatic heterocycles. The van der Waals surface area contributed by atoms with Crippen molar-refractivity contribution in [3.63, 3.8) is 0 Å². The smallest absolute Gasteiger partial charge is 0.171 e. The van der Waals surface area contributed by atoms with Crippen molar-refractivity contribution in [3.8, 4) is 0 Å². The fourth-order valence-electron chi connectivity index (χ4n) is 4.24. The fraction of sp³-hybridized carbons (Fsp3) is 1.00. The second-order valence-corrected chi connectivity index (χ2v) is 9.55. The second kappa shape index (κ2) is 8.79. The Morgan fingerprint density at radius 3 is 1.78 bits per heavy atom. The standard InChI is InChI=1S/C18H35NO2S2/c1-6-17(7-2)13-15(20-5)14-18(8-3,9-4)19(17)21-16-22-11-10-12-23-16/h15-16H,6-14H2,1-5H3. The van der Waals surface area contributed by atoms with Crippen LogP contribution in [0.3, 0.4) is 0 Å². The summed E-state index contributed by atoms with van der Waals surface area (Å²) in [6, 6.07) is 0. The number of hydroxylamine groups is 2. The normalized spacial score (nSPS) is 26.5. The van der Waals surface area contributed by atoms with Gasteiger partial charge in [-0.15, -0.1) is 23.5 Å². The molecule has 0 bridgehead atoms. The summed E-state index contributed by atoms with van der Waals surface area (Å²) < 4.78 is 6.12. The van der Waals surface area contributed by atoms with E-state index in [1.807, 2.05) is 30.6 Å². The Kier molecular flexibility index (Phi) is 7.61. The maximum absolute atomic E-state index is 6.72. The average Bonchev–Trinajstić information content (AvgIpc) is 2.63. The Bertz CT molecular complexity index is 331. The first-order chi connectivity index (χ1) is 11.1. The predicted octanol–water partition coefficient (Wildman–Crippen LogP) is 5.30. The topological polar surface area (TPSA) is 21.7 Å². The molecule has 2 saturated heterocycles. The van der Waals surface area contributed by atoms with E-state index in [1.54, 1.807) is 0 Å². The highest BCUT2D eigenvalue weighted by atomic mass is 32.2. The molecular formula is C18H35NO2S2. The number of thioether (sulfide) groups is 2. The van der Waals surface area contributed by atoms with Gasteiger partial charge < -0.3 is 4.74 Å². The van der Waals surface area contributed by atoms with Crippen LogP contribution in [0.5, 0.6) is 0 Å². The molecule has 0 atom stereocenters. The van der Waals surface area contributed by atoms with Crippen molar-refractivity contribution >= 4 is 23.5 Å².